The Bertz CT molecular complexity index is 1100. The fourth-order valence-electron chi connectivity index (χ4n) is 4.05. The van der Waals surface area contributed by atoms with Crippen LogP contribution in [-0.2, 0) is 24.1 Å². The summed E-state index contributed by atoms with van der Waals surface area (Å²) in [5.41, 5.74) is 4.96. The van der Waals surface area contributed by atoms with Crippen LogP contribution in [0, 0.1) is 0 Å². The molecule has 1 aromatic heterocycles. The van der Waals surface area contributed by atoms with Crippen molar-refractivity contribution in [1.82, 2.24) is 14.9 Å². The summed E-state index contributed by atoms with van der Waals surface area (Å²) >= 11 is 6.17. The van der Waals surface area contributed by atoms with Crippen molar-refractivity contribution in [2.24, 2.45) is 0 Å². The van der Waals surface area contributed by atoms with E-state index in [4.69, 9.17) is 16.3 Å². The van der Waals surface area contributed by atoms with Crippen molar-refractivity contribution in [3.8, 4) is 5.75 Å². The number of benzene rings is 2. The van der Waals surface area contributed by atoms with E-state index in [1.807, 2.05) is 12.1 Å². The molecule has 1 saturated heterocycles. The number of anilines is 1. The van der Waals surface area contributed by atoms with Crippen molar-refractivity contribution in [1.29, 1.82) is 0 Å². The number of hydrogen-bond acceptors (Lipinski definition) is 6. The molecule has 4 rings (SSSR count). The summed E-state index contributed by atoms with van der Waals surface area (Å²) in [6, 6.07) is 16.0. The predicted molar refractivity (Wildman–Crippen MR) is 131 cm³/mol. The molecule has 7 heteroatoms. The first-order chi connectivity index (χ1) is 16.0. The molecule has 0 saturated carbocycles. The van der Waals surface area contributed by atoms with E-state index >= 15 is 0 Å². The van der Waals surface area contributed by atoms with Crippen LogP contribution in [0.2, 0.25) is 5.02 Å². The molecule has 0 amide bonds. The quantitative estimate of drug-likeness (QED) is 0.505. The zero-order chi connectivity index (χ0) is 23.2. The van der Waals surface area contributed by atoms with Gasteiger partial charge in [-0.2, -0.15) is 0 Å². The lowest BCUT2D eigenvalue weighted by Gasteiger charge is -2.34. The molecule has 172 valence electrons. The monoisotopic (exact) mass is 464 g/mol. The van der Waals surface area contributed by atoms with E-state index in [9.17, 15) is 4.79 Å². The number of hydrogen-bond donors (Lipinski definition) is 0. The number of nitrogens with zero attached hydrogens (tertiary/aromatic N) is 4. The van der Waals surface area contributed by atoms with Crippen LogP contribution in [0.1, 0.15) is 22.5 Å². The number of carbonyl (C=O) groups excluding carboxylic acids is 1. The Morgan fingerprint density at radius 1 is 0.939 bits per heavy atom. The lowest BCUT2D eigenvalue weighted by Crippen LogP contribution is -2.44. The van der Waals surface area contributed by atoms with Gasteiger partial charge in [0.15, 0.2) is 0 Å². The Morgan fingerprint density at radius 3 is 2.33 bits per heavy atom. The Labute approximate surface area is 200 Å². The third-order valence-electron chi connectivity index (χ3n) is 5.97. The van der Waals surface area contributed by atoms with Crippen molar-refractivity contribution >= 4 is 23.1 Å². The molecule has 0 atom stereocenters. The Hall–Kier alpha value is -2.96. The first kappa shape index (κ1) is 23.2. The number of likely N-dealkylation sites (N-methyl/N-ethyl adjacent to an activating group) is 1. The van der Waals surface area contributed by atoms with Crippen molar-refractivity contribution in [2.45, 2.75) is 19.3 Å². The SMILES string of the molecule is COc1ccc(CC(=O)Cc2cc(Cc3ccc(N4CCN(C)CC4)cc3)ncn2)cc1Cl. The van der Waals surface area contributed by atoms with Gasteiger partial charge >= 0.3 is 0 Å². The predicted octanol–water partition coefficient (Wildman–Crippen LogP) is 3.84. The number of piperazine rings is 1. The molecule has 6 nitrogen and oxygen atoms in total. The third kappa shape index (κ3) is 6.30. The van der Waals surface area contributed by atoms with E-state index in [1.165, 1.54) is 11.3 Å². The molecule has 0 aliphatic carbocycles. The van der Waals surface area contributed by atoms with Gasteiger partial charge in [0.2, 0.25) is 0 Å². The molecule has 0 N–H and O–H groups in total. The van der Waals surface area contributed by atoms with Crippen LogP contribution in [0.3, 0.4) is 0 Å². The number of Topliss-reactive ketones (excluding diaryl/α,β-unsaturated/α-hetero) is 1. The molecule has 0 radical (unpaired) electrons. The first-order valence-electron chi connectivity index (χ1n) is 11.2. The minimum absolute atomic E-state index is 0.0809. The highest BCUT2D eigenvalue weighted by Gasteiger charge is 2.14. The minimum atomic E-state index is 0.0809. The van der Waals surface area contributed by atoms with E-state index < -0.39 is 0 Å². The van der Waals surface area contributed by atoms with Gasteiger partial charge in [-0.1, -0.05) is 29.8 Å². The van der Waals surface area contributed by atoms with E-state index in [2.05, 4.69) is 51.1 Å². The number of ketones is 1. The van der Waals surface area contributed by atoms with Gasteiger partial charge in [-0.15, -0.1) is 0 Å². The summed E-state index contributed by atoms with van der Waals surface area (Å²) in [6.45, 7) is 4.30. The second-order valence-corrected chi connectivity index (χ2v) is 8.90. The van der Waals surface area contributed by atoms with Crippen LogP contribution in [0.4, 0.5) is 5.69 Å². The highest BCUT2D eigenvalue weighted by Crippen LogP contribution is 2.25. The number of methoxy groups -OCH3 is 1. The Morgan fingerprint density at radius 2 is 1.64 bits per heavy atom. The zero-order valence-electron chi connectivity index (χ0n) is 19.1. The van der Waals surface area contributed by atoms with Gasteiger partial charge in [-0.3, -0.25) is 4.79 Å². The van der Waals surface area contributed by atoms with Crippen LogP contribution < -0.4 is 9.64 Å². The summed E-state index contributed by atoms with van der Waals surface area (Å²) in [4.78, 5) is 26.1. The lowest BCUT2D eigenvalue weighted by atomic mass is 10.0. The molecular formula is C26H29ClN4O2. The second kappa shape index (κ2) is 10.8. The highest BCUT2D eigenvalue weighted by atomic mass is 35.5. The average Bonchev–Trinajstić information content (AvgIpc) is 2.80. The zero-order valence-corrected chi connectivity index (χ0v) is 19.9. The number of ether oxygens (including phenoxy) is 1. The number of halogens is 1. The van der Waals surface area contributed by atoms with Crippen molar-refractivity contribution in [2.75, 3.05) is 45.2 Å². The maximum absolute atomic E-state index is 12.6. The molecule has 2 aromatic carbocycles. The van der Waals surface area contributed by atoms with Gasteiger partial charge in [0.1, 0.15) is 17.9 Å². The van der Waals surface area contributed by atoms with Gasteiger partial charge in [-0.05, 0) is 48.5 Å². The van der Waals surface area contributed by atoms with Gasteiger partial charge in [0.25, 0.3) is 0 Å². The molecule has 0 spiro atoms. The van der Waals surface area contributed by atoms with Crippen LogP contribution in [0.5, 0.6) is 5.75 Å². The summed E-state index contributed by atoms with van der Waals surface area (Å²) in [5.74, 6) is 0.683. The van der Waals surface area contributed by atoms with Gasteiger partial charge in [0.05, 0.1) is 17.8 Å². The van der Waals surface area contributed by atoms with Crippen LogP contribution in [0.25, 0.3) is 0 Å². The fourth-order valence-corrected chi connectivity index (χ4v) is 4.33. The number of rotatable bonds is 8. The normalized spacial score (nSPS) is 14.3. The largest absolute Gasteiger partial charge is 0.495 e. The summed E-state index contributed by atoms with van der Waals surface area (Å²) in [7, 11) is 3.74. The Kier molecular flexibility index (Phi) is 7.57. The van der Waals surface area contributed by atoms with Crippen molar-refractivity contribution < 1.29 is 9.53 Å². The van der Waals surface area contributed by atoms with Crippen LogP contribution >= 0.6 is 11.6 Å². The molecule has 0 unspecified atom stereocenters. The first-order valence-corrected chi connectivity index (χ1v) is 11.5. The topological polar surface area (TPSA) is 58.6 Å². The summed E-state index contributed by atoms with van der Waals surface area (Å²) < 4.78 is 5.17. The van der Waals surface area contributed by atoms with Gasteiger partial charge in [0, 0.05) is 56.8 Å². The minimum Gasteiger partial charge on any atom is -0.495 e. The summed E-state index contributed by atoms with van der Waals surface area (Å²) in [5, 5.41) is 0.505. The number of aromatic nitrogens is 2. The van der Waals surface area contributed by atoms with Gasteiger partial charge < -0.3 is 14.5 Å². The van der Waals surface area contributed by atoms with E-state index in [0.29, 0.717) is 23.6 Å². The molecule has 3 aromatic rings. The molecular weight excluding hydrogens is 436 g/mol. The Balaban J connectivity index is 1.34. The van der Waals surface area contributed by atoms with Crippen LogP contribution in [-0.4, -0.2) is 61.0 Å². The maximum atomic E-state index is 12.6. The second-order valence-electron chi connectivity index (χ2n) is 8.50. The molecule has 1 aliphatic rings. The van der Waals surface area contributed by atoms with Crippen molar-refractivity contribution in [3.05, 3.63) is 82.4 Å². The van der Waals surface area contributed by atoms with E-state index in [0.717, 1.165) is 43.1 Å². The average molecular weight is 465 g/mol. The number of carbonyl (C=O) groups is 1. The van der Waals surface area contributed by atoms with E-state index in [-0.39, 0.29) is 12.2 Å². The molecule has 2 heterocycles. The van der Waals surface area contributed by atoms with Gasteiger partial charge in [-0.25, -0.2) is 9.97 Å². The third-order valence-corrected chi connectivity index (χ3v) is 6.26. The van der Waals surface area contributed by atoms with Crippen molar-refractivity contribution in [3.63, 3.8) is 0 Å². The van der Waals surface area contributed by atoms with E-state index in [1.54, 1.807) is 25.6 Å². The fraction of sp³-hybridized carbons (Fsp3) is 0.346. The lowest BCUT2D eigenvalue weighted by molar-refractivity contribution is -0.117. The standard InChI is InChI=1S/C26H29ClN4O2/c1-30-9-11-31(12-10-30)23-6-3-19(4-7-23)13-21-16-22(29-18-28-21)17-24(32)14-20-5-8-26(33-2)25(27)15-20/h3-8,15-16,18H,9-14,17H2,1-2H3. The smallest absolute Gasteiger partial charge is 0.143 e. The molecule has 0 bridgehead atoms. The molecule has 1 fully saturated rings. The molecule has 1 aliphatic heterocycles. The maximum Gasteiger partial charge on any atom is 0.143 e. The van der Waals surface area contributed by atoms with Crippen LogP contribution in [0.15, 0.2) is 54.9 Å². The highest BCUT2D eigenvalue weighted by molar-refractivity contribution is 6.32. The molecule has 33 heavy (non-hydrogen) atoms. The summed E-state index contributed by atoms with van der Waals surface area (Å²) in [6.07, 6.45) is 2.82.